The smallest absolute Gasteiger partial charge is 0.196 e. The van der Waals surface area contributed by atoms with E-state index < -0.39 is 0 Å². The van der Waals surface area contributed by atoms with Crippen molar-refractivity contribution in [1.29, 1.82) is 0 Å². The zero-order chi connectivity index (χ0) is 18.6. The molecule has 6 nitrogen and oxygen atoms in total. The Kier molecular flexibility index (Phi) is 5.63. The van der Waals surface area contributed by atoms with Gasteiger partial charge < -0.3 is 14.2 Å². The molecule has 0 atom stereocenters. The molecule has 1 aromatic heterocycles. The van der Waals surface area contributed by atoms with Crippen molar-refractivity contribution < 1.29 is 14.2 Å². The van der Waals surface area contributed by atoms with Crippen molar-refractivity contribution in [3.63, 3.8) is 0 Å². The van der Waals surface area contributed by atoms with Crippen LogP contribution in [0.25, 0.3) is 17.1 Å². The van der Waals surface area contributed by atoms with Crippen LogP contribution in [0.1, 0.15) is 0 Å². The highest BCUT2D eigenvalue weighted by Gasteiger charge is 2.21. The predicted molar refractivity (Wildman–Crippen MR) is 105 cm³/mol. The Balaban J connectivity index is 1.72. The largest absolute Gasteiger partial charge is 0.497 e. The summed E-state index contributed by atoms with van der Waals surface area (Å²) in [6.45, 7) is 1.26. The van der Waals surface area contributed by atoms with E-state index in [9.17, 15) is 0 Å². The predicted octanol–water partition coefficient (Wildman–Crippen LogP) is 4.06. The quantitative estimate of drug-likeness (QED) is 0.578. The fourth-order valence-electron chi connectivity index (χ4n) is 2.78. The summed E-state index contributed by atoms with van der Waals surface area (Å²) in [4.78, 5) is 0. The Bertz CT molecular complexity index is 911. The first-order chi connectivity index (χ1) is 13.2. The van der Waals surface area contributed by atoms with E-state index in [-0.39, 0.29) is 6.29 Å². The Morgan fingerprint density at radius 3 is 2.67 bits per heavy atom. The Labute approximate surface area is 166 Å². The molecule has 0 spiro atoms. The standard InChI is InChI=1S/C19H18ClN3O3S/c1-24-16-4-2-3-13(11-16)18-21-22-19(27-12-17-25-9-10-26-17)23(18)15-7-5-14(20)6-8-15/h2-8,11,17H,9-10,12H2,1H3. The summed E-state index contributed by atoms with van der Waals surface area (Å²) in [6.07, 6.45) is -0.217. The van der Waals surface area contributed by atoms with Gasteiger partial charge in [-0.05, 0) is 36.4 Å². The second kappa shape index (κ2) is 8.31. The van der Waals surface area contributed by atoms with Crippen LogP contribution in [-0.2, 0) is 9.47 Å². The number of hydrogen-bond donors (Lipinski definition) is 0. The van der Waals surface area contributed by atoms with Gasteiger partial charge in [0.2, 0.25) is 0 Å². The molecule has 27 heavy (non-hydrogen) atoms. The molecule has 2 aromatic carbocycles. The average molecular weight is 404 g/mol. The summed E-state index contributed by atoms with van der Waals surface area (Å²) in [5, 5.41) is 10.3. The van der Waals surface area contributed by atoms with Gasteiger partial charge in [0.15, 0.2) is 17.3 Å². The number of halogens is 1. The van der Waals surface area contributed by atoms with Crippen LogP contribution >= 0.6 is 23.4 Å². The molecule has 0 N–H and O–H groups in total. The maximum absolute atomic E-state index is 6.06. The van der Waals surface area contributed by atoms with E-state index in [4.69, 9.17) is 25.8 Å². The van der Waals surface area contributed by atoms with E-state index in [1.54, 1.807) is 18.9 Å². The number of nitrogens with zero attached hydrogens (tertiary/aromatic N) is 3. The minimum absolute atomic E-state index is 0.217. The molecule has 0 radical (unpaired) electrons. The molecule has 0 unspecified atom stereocenters. The third kappa shape index (κ3) is 4.11. The van der Waals surface area contributed by atoms with Crippen molar-refractivity contribution in [2.75, 3.05) is 26.1 Å². The molecule has 1 aliphatic heterocycles. The molecule has 4 rings (SSSR count). The molecular weight excluding hydrogens is 386 g/mol. The normalized spacial score (nSPS) is 14.6. The fourth-order valence-corrected chi connectivity index (χ4v) is 3.80. The van der Waals surface area contributed by atoms with Gasteiger partial charge >= 0.3 is 0 Å². The van der Waals surface area contributed by atoms with Gasteiger partial charge in [-0.15, -0.1) is 10.2 Å². The van der Waals surface area contributed by atoms with Gasteiger partial charge in [-0.25, -0.2) is 0 Å². The lowest BCUT2D eigenvalue weighted by atomic mass is 10.2. The zero-order valence-electron chi connectivity index (χ0n) is 14.7. The molecule has 0 amide bonds. The van der Waals surface area contributed by atoms with Crippen molar-refractivity contribution in [2.45, 2.75) is 11.4 Å². The van der Waals surface area contributed by atoms with Crippen molar-refractivity contribution in [3.05, 3.63) is 53.6 Å². The second-order valence-corrected chi connectivity index (χ2v) is 7.26. The molecule has 0 aliphatic carbocycles. The van der Waals surface area contributed by atoms with Crippen LogP contribution in [-0.4, -0.2) is 47.1 Å². The highest BCUT2D eigenvalue weighted by atomic mass is 35.5. The number of benzene rings is 2. The first kappa shape index (κ1) is 18.3. The van der Waals surface area contributed by atoms with Crippen LogP contribution in [0, 0.1) is 0 Å². The van der Waals surface area contributed by atoms with Crippen LogP contribution < -0.4 is 4.74 Å². The number of rotatable bonds is 6. The highest BCUT2D eigenvalue weighted by molar-refractivity contribution is 7.99. The van der Waals surface area contributed by atoms with Gasteiger partial charge in [-0.3, -0.25) is 4.57 Å². The van der Waals surface area contributed by atoms with Crippen LogP contribution in [0.2, 0.25) is 5.02 Å². The monoisotopic (exact) mass is 403 g/mol. The summed E-state index contributed by atoms with van der Waals surface area (Å²) >= 11 is 7.61. The molecule has 2 heterocycles. The molecule has 1 saturated heterocycles. The number of ether oxygens (including phenoxy) is 3. The summed E-state index contributed by atoms with van der Waals surface area (Å²) in [5.74, 6) is 2.14. The Hall–Kier alpha value is -2.06. The maximum Gasteiger partial charge on any atom is 0.196 e. The number of hydrogen-bond acceptors (Lipinski definition) is 6. The molecule has 1 fully saturated rings. The lowest BCUT2D eigenvalue weighted by Gasteiger charge is -2.12. The minimum Gasteiger partial charge on any atom is -0.497 e. The van der Waals surface area contributed by atoms with Crippen LogP contribution in [0.3, 0.4) is 0 Å². The molecule has 1 aliphatic rings. The van der Waals surface area contributed by atoms with Crippen LogP contribution in [0.15, 0.2) is 53.7 Å². The Morgan fingerprint density at radius 2 is 1.93 bits per heavy atom. The molecule has 0 saturated carbocycles. The van der Waals surface area contributed by atoms with Crippen LogP contribution in [0.4, 0.5) is 0 Å². The number of aromatic nitrogens is 3. The van der Waals surface area contributed by atoms with Gasteiger partial charge in [0.1, 0.15) is 5.75 Å². The van der Waals surface area contributed by atoms with Gasteiger partial charge in [-0.2, -0.15) is 0 Å². The summed E-state index contributed by atoms with van der Waals surface area (Å²) in [6, 6.07) is 15.3. The van der Waals surface area contributed by atoms with Gasteiger partial charge in [0.05, 0.1) is 26.1 Å². The van der Waals surface area contributed by atoms with E-state index >= 15 is 0 Å². The average Bonchev–Trinajstić information content (AvgIpc) is 3.37. The second-order valence-electron chi connectivity index (χ2n) is 5.83. The van der Waals surface area contributed by atoms with E-state index in [1.807, 2.05) is 53.1 Å². The van der Waals surface area contributed by atoms with E-state index in [0.717, 1.165) is 28.0 Å². The molecule has 3 aromatic rings. The third-order valence-corrected chi connectivity index (χ3v) is 5.30. The summed E-state index contributed by atoms with van der Waals surface area (Å²) in [7, 11) is 1.64. The van der Waals surface area contributed by atoms with Gasteiger partial charge in [0.25, 0.3) is 0 Å². The van der Waals surface area contributed by atoms with Crippen molar-refractivity contribution in [1.82, 2.24) is 14.8 Å². The first-order valence-electron chi connectivity index (χ1n) is 8.46. The van der Waals surface area contributed by atoms with Gasteiger partial charge in [0, 0.05) is 16.3 Å². The SMILES string of the molecule is COc1cccc(-c2nnc(SCC3OCCO3)n2-c2ccc(Cl)cc2)c1. The highest BCUT2D eigenvalue weighted by Crippen LogP contribution is 2.31. The van der Waals surface area contributed by atoms with E-state index in [0.29, 0.717) is 24.0 Å². The van der Waals surface area contributed by atoms with Crippen molar-refractivity contribution in [3.8, 4) is 22.8 Å². The molecular formula is C19H18ClN3O3S. The van der Waals surface area contributed by atoms with E-state index in [2.05, 4.69) is 10.2 Å². The molecule has 140 valence electrons. The zero-order valence-corrected chi connectivity index (χ0v) is 16.2. The third-order valence-electron chi connectivity index (χ3n) is 4.09. The number of thioether (sulfide) groups is 1. The van der Waals surface area contributed by atoms with E-state index in [1.165, 1.54) is 0 Å². The summed E-state index contributed by atoms with van der Waals surface area (Å²) < 4.78 is 18.4. The van der Waals surface area contributed by atoms with Crippen LogP contribution in [0.5, 0.6) is 5.75 Å². The first-order valence-corrected chi connectivity index (χ1v) is 9.83. The fraction of sp³-hybridized carbons (Fsp3) is 0.263. The minimum atomic E-state index is -0.217. The lowest BCUT2D eigenvalue weighted by molar-refractivity contribution is -0.0215. The lowest BCUT2D eigenvalue weighted by Crippen LogP contribution is -2.11. The maximum atomic E-state index is 6.06. The molecule has 0 bridgehead atoms. The number of methoxy groups -OCH3 is 1. The van der Waals surface area contributed by atoms with Crippen molar-refractivity contribution in [2.24, 2.45) is 0 Å². The topological polar surface area (TPSA) is 58.4 Å². The van der Waals surface area contributed by atoms with Crippen molar-refractivity contribution >= 4 is 23.4 Å². The Morgan fingerprint density at radius 1 is 1.15 bits per heavy atom. The summed E-state index contributed by atoms with van der Waals surface area (Å²) in [5.41, 5.74) is 1.84. The van der Waals surface area contributed by atoms with Gasteiger partial charge in [-0.1, -0.05) is 35.5 Å². The molecule has 8 heteroatoms.